The fourth-order valence-electron chi connectivity index (χ4n) is 1.93. The quantitative estimate of drug-likeness (QED) is 0.649. The Kier molecular flexibility index (Phi) is 3.42. The van der Waals surface area contributed by atoms with Crippen LogP contribution < -0.4 is 25.7 Å². The number of fused-ring (bicyclic) bond motifs is 1. The van der Waals surface area contributed by atoms with Gasteiger partial charge in [0, 0.05) is 20.2 Å². The maximum Gasteiger partial charge on any atom is 0.329 e. The van der Waals surface area contributed by atoms with Crippen molar-refractivity contribution in [2.24, 2.45) is 12.1 Å². The van der Waals surface area contributed by atoms with Crippen molar-refractivity contribution in [3.63, 3.8) is 0 Å². The van der Waals surface area contributed by atoms with E-state index in [4.69, 9.17) is 9.47 Å². The van der Waals surface area contributed by atoms with E-state index in [1.807, 2.05) is 6.07 Å². The lowest BCUT2D eigenvalue weighted by molar-refractivity contribution is 0.174. The number of hydrogen-bond donors (Lipinski definition) is 1. The van der Waals surface area contributed by atoms with Crippen LogP contribution in [0.5, 0.6) is 11.5 Å². The molecule has 2 heterocycles. The first kappa shape index (κ1) is 13.9. The molecule has 0 saturated heterocycles. The van der Waals surface area contributed by atoms with Gasteiger partial charge in [0.1, 0.15) is 5.82 Å². The summed E-state index contributed by atoms with van der Waals surface area (Å²) in [5, 5.41) is 5.61. The predicted molar refractivity (Wildman–Crippen MR) is 80.9 cm³/mol. The summed E-state index contributed by atoms with van der Waals surface area (Å²) < 4.78 is 11.5. The molecule has 2 aromatic rings. The lowest BCUT2D eigenvalue weighted by Crippen LogP contribution is -2.33. The Balaban J connectivity index is 1.83. The second-order valence-electron chi connectivity index (χ2n) is 4.74. The lowest BCUT2D eigenvalue weighted by atomic mass is 10.2. The summed E-state index contributed by atoms with van der Waals surface area (Å²) in [6.45, 7) is 0.213. The first-order chi connectivity index (χ1) is 10.5. The molecule has 0 amide bonds. The number of aromatic amines is 1. The van der Waals surface area contributed by atoms with Crippen LogP contribution in [0.25, 0.3) is 0 Å². The summed E-state index contributed by atoms with van der Waals surface area (Å²) in [6.07, 6.45) is 1.59. The zero-order valence-electron chi connectivity index (χ0n) is 12.1. The van der Waals surface area contributed by atoms with Crippen molar-refractivity contribution in [1.29, 1.82) is 0 Å². The highest BCUT2D eigenvalue weighted by Gasteiger charge is 2.12. The molecule has 1 aromatic heterocycles. The third kappa shape index (κ3) is 2.58. The van der Waals surface area contributed by atoms with Gasteiger partial charge < -0.3 is 9.47 Å². The number of hydrogen-bond acceptors (Lipinski definition) is 6. The minimum atomic E-state index is -0.493. The third-order valence-electron chi connectivity index (χ3n) is 3.26. The number of benzene rings is 1. The number of anilines is 1. The summed E-state index contributed by atoms with van der Waals surface area (Å²) in [7, 11) is 3.04. The molecule has 3 rings (SSSR count). The van der Waals surface area contributed by atoms with Gasteiger partial charge in [-0.3, -0.25) is 19.4 Å². The fourth-order valence-corrected chi connectivity index (χ4v) is 1.93. The van der Waals surface area contributed by atoms with E-state index in [1.165, 1.54) is 18.1 Å². The van der Waals surface area contributed by atoms with Crippen LogP contribution in [0.15, 0.2) is 39.0 Å². The summed E-state index contributed by atoms with van der Waals surface area (Å²) in [4.78, 5) is 25.7. The molecule has 22 heavy (non-hydrogen) atoms. The molecule has 0 unspecified atom stereocenters. The zero-order valence-corrected chi connectivity index (χ0v) is 12.1. The molecule has 8 heteroatoms. The van der Waals surface area contributed by atoms with Crippen LogP contribution in [0, 0.1) is 0 Å². The number of hydrazone groups is 1. The number of nitrogens with zero attached hydrogens (tertiary/aromatic N) is 3. The molecule has 1 aliphatic heterocycles. The highest BCUT2D eigenvalue weighted by Crippen LogP contribution is 2.31. The lowest BCUT2D eigenvalue weighted by Gasteiger charge is -2.12. The Morgan fingerprint density at radius 1 is 1.27 bits per heavy atom. The number of aromatic nitrogens is 2. The van der Waals surface area contributed by atoms with Crippen molar-refractivity contribution in [1.82, 2.24) is 9.55 Å². The highest BCUT2D eigenvalue weighted by molar-refractivity contribution is 5.81. The molecular formula is C14H14N4O4. The van der Waals surface area contributed by atoms with Crippen LogP contribution in [-0.2, 0) is 7.05 Å². The van der Waals surface area contributed by atoms with Crippen LogP contribution in [0.3, 0.4) is 0 Å². The van der Waals surface area contributed by atoms with Crippen molar-refractivity contribution in [2.45, 2.75) is 0 Å². The molecule has 0 aliphatic carbocycles. The number of ether oxygens (including phenoxy) is 2. The number of H-pyrrole nitrogens is 1. The molecule has 114 valence electrons. The predicted octanol–water partition coefficient (Wildman–Crippen LogP) is 0.273. The number of nitrogens with one attached hydrogen (secondary N) is 1. The van der Waals surface area contributed by atoms with Crippen molar-refractivity contribution < 1.29 is 9.47 Å². The van der Waals surface area contributed by atoms with Gasteiger partial charge >= 0.3 is 5.69 Å². The highest BCUT2D eigenvalue weighted by atomic mass is 16.7. The van der Waals surface area contributed by atoms with E-state index in [-0.39, 0.29) is 6.79 Å². The molecular weight excluding hydrogens is 288 g/mol. The molecule has 1 aromatic carbocycles. The van der Waals surface area contributed by atoms with E-state index in [0.717, 1.165) is 10.1 Å². The number of rotatable bonds is 3. The first-order valence-corrected chi connectivity index (χ1v) is 6.52. The Morgan fingerprint density at radius 2 is 2.05 bits per heavy atom. The molecule has 0 atom stereocenters. The maximum absolute atomic E-state index is 11.6. The smallest absolute Gasteiger partial charge is 0.329 e. The molecule has 1 N–H and O–H groups in total. The van der Waals surface area contributed by atoms with E-state index < -0.39 is 11.2 Å². The average molecular weight is 302 g/mol. The molecule has 0 radical (unpaired) electrons. The van der Waals surface area contributed by atoms with Crippen molar-refractivity contribution in [3.8, 4) is 11.5 Å². The minimum Gasteiger partial charge on any atom is -0.454 e. The molecule has 8 nitrogen and oxygen atoms in total. The van der Waals surface area contributed by atoms with Crippen molar-refractivity contribution >= 4 is 12.0 Å². The molecule has 0 saturated carbocycles. The van der Waals surface area contributed by atoms with E-state index in [9.17, 15) is 9.59 Å². The van der Waals surface area contributed by atoms with Crippen LogP contribution in [0.4, 0.5) is 5.82 Å². The van der Waals surface area contributed by atoms with E-state index >= 15 is 0 Å². The Bertz CT molecular complexity index is 821. The minimum absolute atomic E-state index is 0.213. The van der Waals surface area contributed by atoms with Crippen LogP contribution >= 0.6 is 0 Å². The molecule has 1 aliphatic rings. The fraction of sp³-hybridized carbons (Fsp3) is 0.214. The van der Waals surface area contributed by atoms with Crippen LogP contribution in [0.2, 0.25) is 0 Å². The van der Waals surface area contributed by atoms with Gasteiger partial charge in [-0.25, -0.2) is 4.79 Å². The average Bonchev–Trinajstić information content (AvgIpc) is 2.97. The second kappa shape index (κ2) is 5.40. The Morgan fingerprint density at radius 3 is 2.82 bits per heavy atom. The summed E-state index contributed by atoms with van der Waals surface area (Å²) in [5.41, 5.74) is -0.0845. The molecule has 0 fully saturated rings. The normalized spacial score (nSPS) is 12.8. The van der Waals surface area contributed by atoms with Gasteiger partial charge in [-0.15, -0.1) is 0 Å². The molecule has 0 bridgehead atoms. The SMILES string of the molecule is CN(/N=C/c1ccc2c(c1)OCO2)c1cc(=O)n(C)c(=O)[nH]1. The van der Waals surface area contributed by atoms with E-state index in [1.54, 1.807) is 25.4 Å². The van der Waals surface area contributed by atoms with Crippen LogP contribution in [0.1, 0.15) is 5.56 Å². The first-order valence-electron chi connectivity index (χ1n) is 6.52. The van der Waals surface area contributed by atoms with Gasteiger partial charge in [-0.2, -0.15) is 5.10 Å². The van der Waals surface area contributed by atoms with E-state index in [0.29, 0.717) is 17.3 Å². The third-order valence-corrected chi connectivity index (χ3v) is 3.26. The van der Waals surface area contributed by atoms with Gasteiger partial charge in [-0.05, 0) is 23.8 Å². The summed E-state index contributed by atoms with van der Waals surface area (Å²) in [5.74, 6) is 1.67. The van der Waals surface area contributed by atoms with Gasteiger partial charge in [0.25, 0.3) is 5.56 Å². The van der Waals surface area contributed by atoms with Gasteiger partial charge in [0.2, 0.25) is 6.79 Å². The monoisotopic (exact) mass is 302 g/mol. The standard InChI is InChI=1S/C14H14N4O4/c1-17-13(19)6-12(16-14(17)20)18(2)15-7-9-3-4-10-11(5-9)22-8-21-10/h3-7H,8H2,1-2H3,(H,16,20)/b15-7+. The van der Waals surface area contributed by atoms with Crippen molar-refractivity contribution in [3.05, 3.63) is 50.7 Å². The Labute approximate surface area is 125 Å². The van der Waals surface area contributed by atoms with Gasteiger partial charge in [0.05, 0.1) is 6.21 Å². The maximum atomic E-state index is 11.6. The summed E-state index contributed by atoms with van der Waals surface area (Å²) >= 11 is 0. The van der Waals surface area contributed by atoms with E-state index in [2.05, 4.69) is 10.1 Å². The van der Waals surface area contributed by atoms with Gasteiger partial charge in [0.15, 0.2) is 11.5 Å². The summed E-state index contributed by atoms with van der Waals surface area (Å²) in [6, 6.07) is 6.73. The Hall–Kier alpha value is -3.03. The largest absolute Gasteiger partial charge is 0.454 e. The van der Waals surface area contributed by atoms with Crippen molar-refractivity contribution in [2.75, 3.05) is 18.8 Å². The molecule has 0 spiro atoms. The van der Waals surface area contributed by atoms with Crippen LogP contribution in [-0.4, -0.2) is 29.6 Å². The zero-order chi connectivity index (χ0) is 15.7. The second-order valence-corrected chi connectivity index (χ2v) is 4.74. The topological polar surface area (TPSA) is 88.9 Å². The van der Waals surface area contributed by atoms with Gasteiger partial charge in [-0.1, -0.05) is 0 Å².